The molecule has 0 bridgehead atoms. The van der Waals surface area contributed by atoms with Crippen LogP contribution in [-0.2, 0) is 14.8 Å². The lowest BCUT2D eigenvalue weighted by molar-refractivity contribution is 0.146. The van der Waals surface area contributed by atoms with Crippen molar-refractivity contribution in [3.8, 4) is 0 Å². The highest BCUT2D eigenvalue weighted by Gasteiger charge is 2.13. The average Bonchev–Trinajstić information content (AvgIpc) is 2.46. The predicted molar refractivity (Wildman–Crippen MR) is 82.5 cm³/mol. The molecule has 1 aromatic carbocycles. The average molecular weight is 309 g/mol. The van der Waals surface area contributed by atoms with Crippen molar-refractivity contribution in [3.63, 3.8) is 0 Å². The van der Waals surface area contributed by atoms with Gasteiger partial charge < -0.3 is 10.5 Å². The summed E-state index contributed by atoms with van der Waals surface area (Å²) in [4.78, 5) is 4.36. The number of anilines is 1. The third-order valence-electron chi connectivity index (χ3n) is 2.95. The lowest BCUT2D eigenvalue weighted by Gasteiger charge is -2.08. The number of nitrogens with one attached hydrogen (secondary N) is 1. The summed E-state index contributed by atoms with van der Waals surface area (Å²) in [7, 11) is -3.51. The molecule has 0 amide bonds. The molecule has 7 heteroatoms. The fourth-order valence-electron chi connectivity index (χ4n) is 1.90. The number of aromatic nitrogens is 1. The molecule has 1 heterocycles. The van der Waals surface area contributed by atoms with Crippen molar-refractivity contribution in [2.75, 3.05) is 25.5 Å². The first-order valence-electron chi connectivity index (χ1n) is 6.76. The Morgan fingerprint density at radius 2 is 2.10 bits per heavy atom. The number of rotatable bonds is 7. The zero-order valence-corrected chi connectivity index (χ0v) is 12.7. The summed E-state index contributed by atoms with van der Waals surface area (Å²) in [5.74, 6) is 0.409. The van der Waals surface area contributed by atoms with E-state index in [4.69, 9.17) is 10.5 Å². The van der Waals surface area contributed by atoms with Crippen LogP contribution in [-0.4, -0.2) is 33.2 Å². The van der Waals surface area contributed by atoms with Gasteiger partial charge in [0.05, 0.1) is 10.4 Å². The minimum atomic E-state index is -3.51. The third kappa shape index (κ3) is 4.13. The van der Waals surface area contributed by atoms with Gasteiger partial charge in [-0.2, -0.15) is 0 Å². The van der Waals surface area contributed by atoms with E-state index in [0.717, 1.165) is 5.39 Å². The second-order valence-corrected chi connectivity index (χ2v) is 6.31. The Hall–Kier alpha value is -1.70. The minimum Gasteiger partial charge on any atom is -0.384 e. The maximum atomic E-state index is 12.2. The summed E-state index contributed by atoms with van der Waals surface area (Å²) in [6.07, 6.45) is 0.638. The van der Waals surface area contributed by atoms with Crippen molar-refractivity contribution in [1.82, 2.24) is 9.71 Å². The normalized spacial score (nSPS) is 11.9. The number of pyridine rings is 1. The van der Waals surface area contributed by atoms with Gasteiger partial charge in [-0.05, 0) is 43.7 Å². The number of ether oxygens (including phenoxy) is 1. The van der Waals surface area contributed by atoms with Crippen molar-refractivity contribution in [3.05, 3.63) is 30.3 Å². The lowest BCUT2D eigenvalue weighted by Crippen LogP contribution is -2.25. The molecule has 0 radical (unpaired) electrons. The molecule has 0 fully saturated rings. The number of hydrogen-bond donors (Lipinski definition) is 2. The van der Waals surface area contributed by atoms with Gasteiger partial charge in [-0.3, -0.25) is 0 Å². The number of nitrogens with two attached hydrogens (primary N) is 1. The molecular weight excluding hydrogens is 290 g/mol. The van der Waals surface area contributed by atoms with E-state index in [2.05, 4.69) is 9.71 Å². The van der Waals surface area contributed by atoms with Crippen molar-refractivity contribution in [2.24, 2.45) is 0 Å². The van der Waals surface area contributed by atoms with Gasteiger partial charge in [0.15, 0.2) is 0 Å². The van der Waals surface area contributed by atoms with Crippen LogP contribution in [0.2, 0.25) is 0 Å². The smallest absolute Gasteiger partial charge is 0.240 e. The number of sulfonamides is 1. The van der Waals surface area contributed by atoms with Gasteiger partial charge >= 0.3 is 0 Å². The maximum absolute atomic E-state index is 12.2. The fraction of sp³-hybridized carbons (Fsp3) is 0.357. The molecule has 1 aromatic heterocycles. The molecule has 2 rings (SSSR count). The second-order valence-electron chi connectivity index (χ2n) is 4.54. The Morgan fingerprint density at radius 1 is 1.29 bits per heavy atom. The van der Waals surface area contributed by atoms with E-state index in [1.807, 2.05) is 6.92 Å². The monoisotopic (exact) mass is 309 g/mol. The summed E-state index contributed by atoms with van der Waals surface area (Å²) in [5.41, 5.74) is 6.27. The van der Waals surface area contributed by atoms with E-state index < -0.39 is 10.0 Å². The number of fused-ring (bicyclic) bond motifs is 1. The van der Waals surface area contributed by atoms with Crippen LogP contribution in [0.25, 0.3) is 10.9 Å². The lowest BCUT2D eigenvalue weighted by atomic mass is 10.2. The van der Waals surface area contributed by atoms with E-state index in [1.165, 1.54) is 6.07 Å². The molecule has 6 nitrogen and oxygen atoms in total. The zero-order chi connectivity index (χ0) is 15.3. The minimum absolute atomic E-state index is 0.220. The van der Waals surface area contributed by atoms with E-state index in [0.29, 0.717) is 37.5 Å². The largest absolute Gasteiger partial charge is 0.384 e. The summed E-state index contributed by atoms with van der Waals surface area (Å²) >= 11 is 0. The number of nitrogen functional groups attached to an aromatic ring is 1. The fourth-order valence-corrected chi connectivity index (χ4v) is 3.00. The summed E-state index contributed by atoms with van der Waals surface area (Å²) < 4.78 is 32.1. The molecule has 0 aliphatic heterocycles. The van der Waals surface area contributed by atoms with E-state index >= 15 is 0 Å². The van der Waals surface area contributed by atoms with Gasteiger partial charge in [0.2, 0.25) is 10.0 Å². The Balaban J connectivity index is 2.11. The third-order valence-corrected chi connectivity index (χ3v) is 4.41. The van der Waals surface area contributed by atoms with Crippen LogP contribution in [0.1, 0.15) is 13.3 Å². The van der Waals surface area contributed by atoms with Crippen LogP contribution in [0.5, 0.6) is 0 Å². The van der Waals surface area contributed by atoms with E-state index in [1.54, 1.807) is 24.3 Å². The molecule has 21 heavy (non-hydrogen) atoms. The Bertz CT molecular complexity index is 716. The van der Waals surface area contributed by atoms with Crippen molar-refractivity contribution >= 4 is 26.7 Å². The van der Waals surface area contributed by atoms with Crippen LogP contribution in [0, 0.1) is 0 Å². The molecule has 0 saturated carbocycles. The highest BCUT2D eigenvalue weighted by atomic mass is 32.2. The number of nitrogens with zero attached hydrogens (tertiary/aromatic N) is 1. The molecular formula is C14H19N3O3S. The first-order valence-corrected chi connectivity index (χ1v) is 8.25. The highest BCUT2D eigenvalue weighted by molar-refractivity contribution is 7.89. The molecule has 0 saturated heterocycles. The van der Waals surface area contributed by atoms with Crippen LogP contribution in [0.15, 0.2) is 35.2 Å². The highest BCUT2D eigenvalue weighted by Crippen LogP contribution is 2.18. The Kier molecular flexibility index (Phi) is 5.11. The molecule has 0 spiro atoms. The predicted octanol–water partition coefficient (Wildman–Crippen LogP) is 1.52. The van der Waals surface area contributed by atoms with Gasteiger partial charge in [-0.15, -0.1) is 0 Å². The van der Waals surface area contributed by atoms with Crippen LogP contribution < -0.4 is 10.5 Å². The van der Waals surface area contributed by atoms with E-state index in [-0.39, 0.29) is 4.90 Å². The molecule has 0 aliphatic rings. The number of hydrogen-bond acceptors (Lipinski definition) is 5. The van der Waals surface area contributed by atoms with Crippen molar-refractivity contribution in [1.29, 1.82) is 0 Å². The van der Waals surface area contributed by atoms with E-state index in [9.17, 15) is 8.42 Å². The standard InChI is InChI=1S/C14H19N3O3S/c1-2-20-9-3-8-16-21(18,19)12-5-6-13-11(10-12)4-7-14(15)17-13/h4-7,10,16H,2-3,8-9H2,1H3,(H2,15,17). The summed E-state index contributed by atoms with van der Waals surface area (Å²) in [6.45, 7) is 3.42. The van der Waals surface area contributed by atoms with Gasteiger partial charge in [-0.1, -0.05) is 0 Å². The van der Waals surface area contributed by atoms with Gasteiger partial charge in [0, 0.05) is 25.1 Å². The van der Waals surface area contributed by atoms with Crippen molar-refractivity contribution < 1.29 is 13.2 Å². The second kappa shape index (κ2) is 6.84. The van der Waals surface area contributed by atoms with Gasteiger partial charge in [0.1, 0.15) is 5.82 Å². The summed E-state index contributed by atoms with van der Waals surface area (Å²) in [5, 5.41) is 0.737. The molecule has 0 atom stereocenters. The zero-order valence-electron chi connectivity index (χ0n) is 11.9. The maximum Gasteiger partial charge on any atom is 0.240 e. The van der Waals surface area contributed by atoms with Gasteiger partial charge in [-0.25, -0.2) is 18.1 Å². The molecule has 114 valence electrons. The van der Waals surface area contributed by atoms with Crippen LogP contribution in [0.4, 0.5) is 5.82 Å². The topological polar surface area (TPSA) is 94.3 Å². The molecule has 0 aliphatic carbocycles. The summed E-state index contributed by atoms with van der Waals surface area (Å²) in [6, 6.07) is 8.17. The quantitative estimate of drug-likeness (QED) is 0.756. The van der Waals surface area contributed by atoms with Crippen LogP contribution >= 0.6 is 0 Å². The molecule has 3 N–H and O–H groups in total. The molecule has 0 unspecified atom stereocenters. The van der Waals surface area contributed by atoms with Gasteiger partial charge in [0.25, 0.3) is 0 Å². The molecule has 2 aromatic rings. The first kappa shape index (κ1) is 15.7. The van der Waals surface area contributed by atoms with Crippen LogP contribution in [0.3, 0.4) is 0 Å². The van der Waals surface area contributed by atoms with Crippen molar-refractivity contribution in [2.45, 2.75) is 18.2 Å². The number of benzene rings is 1. The first-order chi connectivity index (χ1) is 10.0. The SMILES string of the molecule is CCOCCCNS(=O)(=O)c1ccc2nc(N)ccc2c1. The Morgan fingerprint density at radius 3 is 2.86 bits per heavy atom. The Labute approximate surface area is 124 Å².